The van der Waals surface area contributed by atoms with E-state index in [1.54, 1.807) is 14.2 Å². The minimum Gasteiger partial charge on any atom is -0.496 e. The number of methoxy groups -OCH3 is 2. The fourth-order valence-electron chi connectivity index (χ4n) is 2.22. The molecule has 17 heavy (non-hydrogen) atoms. The fourth-order valence-corrected chi connectivity index (χ4v) is 2.22. The average molecular weight is 231 g/mol. The number of hydrogen-bond acceptors (Lipinski definition) is 3. The predicted molar refractivity (Wildman–Crippen MR) is 65.3 cm³/mol. The van der Waals surface area contributed by atoms with Crippen LogP contribution in [0.25, 0.3) is 0 Å². The highest BCUT2D eigenvalue weighted by Gasteiger charge is 2.43. The molecule has 0 amide bonds. The summed E-state index contributed by atoms with van der Waals surface area (Å²) in [4.78, 5) is 0. The average Bonchev–Trinajstić information content (AvgIpc) is 3.10. The van der Waals surface area contributed by atoms with Crippen LogP contribution in [0.4, 0.5) is 0 Å². The van der Waals surface area contributed by atoms with Crippen LogP contribution >= 0.6 is 0 Å². The summed E-state index contributed by atoms with van der Waals surface area (Å²) >= 11 is 0. The molecule has 90 valence electrons. The van der Waals surface area contributed by atoms with E-state index < -0.39 is 0 Å². The Kier molecular flexibility index (Phi) is 2.97. The van der Waals surface area contributed by atoms with Gasteiger partial charge in [0.1, 0.15) is 11.5 Å². The third-order valence-corrected chi connectivity index (χ3v) is 3.48. The molecular formula is C14H17NO2. The molecule has 0 unspecified atom stereocenters. The zero-order chi connectivity index (χ0) is 12.5. The van der Waals surface area contributed by atoms with Crippen LogP contribution in [0.5, 0.6) is 11.5 Å². The van der Waals surface area contributed by atoms with Crippen molar-refractivity contribution >= 4 is 0 Å². The van der Waals surface area contributed by atoms with Gasteiger partial charge in [-0.15, -0.1) is 0 Å². The van der Waals surface area contributed by atoms with E-state index in [1.165, 1.54) is 0 Å². The second-order valence-corrected chi connectivity index (χ2v) is 4.65. The summed E-state index contributed by atoms with van der Waals surface area (Å²) in [6, 6.07) is 6.36. The first-order chi connectivity index (χ1) is 8.15. The Hall–Kier alpha value is -1.69. The lowest BCUT2D eigenvalue weighted by molar-refractivity contribution is 0.383. The summed E-state index contributed by atoms with van der Waals surface area (Å²) in [5.74, 6) is 1.68. The second-order valence-electron chi connectivity index (χ2n) is 4.65. The van der Waals surface area contributed by atoms with Gasteiger partial charge in [-0.3, -0.25) is 0 Å². The summed E-state index contributed by atoms with van der Waals surface area (Å²) < 4.78 is 10.7. The van der Waals surface area contributed by atoms with Crippen LogP contribution in [-0.2, 0) is 6.42 Å². The lowest BCUT2D eigenvalue weighted by Gasteiger charge is -2.15. The molecule has 2 rings (SSSR count). The molecule has 0 saturated heterocycles. The molecule has 1 aromatic rings. The Morgan fingerprint density at radius 3 is 2.47 bits per heavy atom. The number of benzene rings is 1. The van der Waals surface area contributed by atoms with Crippen molar-refractivity contribution < 1.29 is 9.47 Å². The van der Waals surface area contributed by atoms with Gasteiger partial charge in [0.15, 0.2) is 0 Å². The van der Waals surface area contributed by atoms with E-state index >= 15 is 0 Å². The molecule has 3 heteroatoms. The van der Waals surface area contributed by atoms with Crippen molar-refractivity contribution in [1.82, 2.24) is 0 Å². The van der Waals surface area contributed by atoms with E-state index in [0.717, 1.165) is 41.9 Å². The first-order valence-corrected chi connectivity index (χ1v) is 5.77. The molecule has 1 fully saturated rings. The maximum absolute atomic E-state index is 9.14. The van der Waals surface area contributed by atoms with E-state index in [2.05, 4.69) is 6.07 Å². The maximum atomic E-state index is 9.14. The number of hydrogen-bond donors (Lipinski definition) is 0. The Morgan fingerprint density at radius 1 is 1.29 bits per heavy atom. The SMILES string of the molecule is COc1ccc(CC2(C#N)CC2)c(OC)c1C. The van der Waals surface area contributed by atoms with Gasteiger partial charge >= 0.3 is 0 Å². The van der Waals surface area contributed by atoms with Gasteiger partial charge in [0.25, 0.3) is 0 Å². The molecule has 0 heterocycles. The minimum absolute atomic E-state index is 0.145. The standard InChI is InChI=1S/C14H17NO2/c1-10-12(16-2)5-4-11(13(10)17-3)8-14(9-15)6-7-14/h4-5H,6-8H2,1-3H3. The van der Waals surface area contributed by atoms with Crippen molar-refractivity contribution in [2.24, 2.45) is 5.41 Å². The van der Waals surface area contributed by atoms with Crippen LogP contribution in [-0.4, -0.2) is 14.2 Å². The third-order valence-electron chi connectivity index (χ3n) is 3.48. The Morgan fingerprint density at radius 2 is 2.00 bits per heavy atom. The van der Waals surface area contributed by atoms with Crippen LogP contribution in [0.3, 0.4) is 0 Å². The monoisotopic (exact) mass is 231 g/mol. The van der Waals surface area contributed by atoms with Gasteiger partial charge in [0.05, 0.1) is 25.7 Å². The topological polar surface area (TPSA) is 42.2 Å². The largest absolute Gasteiger partial charge is 0.496 e. The van der Waals surface area contributed by atoms with Gasteiger partial charge in [0.2, 0.25) is 0 Å². The van der Waals surface area contributed by atoms with Gasteiger partial charge in [0, 0.05) is 5.56 Å². The van der Waals surface area contributed by atoms with E-state index in [0.29, 0.717) is 0 Å². The number of rotatable bonds is 4. The molecule has 0 bridgehead atoms. The third kappa shape index (κ3) is 2.08. The Bertz CT molecular complexity index is 470. The summed E-state index contributed by atoms with van der Waals surface area (Å²) in [5.41, 5.74) is 1.96. The number of ether oxygens (including phenoxy) is 2. The highest BCUT2D eigenvalue weighted by atomic mass is 16.5. The van der Waals surface area contributed by atoms with E-state index in [9.17, 15) is 0 Å². The number of nitriles is 1. The van der Waals surface area contributed by atoms with Gasteiger partial charge in [-0.25, -0.2) is 0 Å². The van der Waals surface area contributed by atoms with Crippen LogP contribution in [0, 0.1) is 23.7 Å². The molecule has 1 aliphatic carbocycles. The molecule has 0 aliphatic heterocycles. The van der Waals surface area contributed by atoms with Crippen LogP contribution in [0.2, 0.25) is 0 Å². The molecule has 0 aromatic heterocycles. The Labute approximate surface area is 102 Å². The molecule has 0 atom stereocenters. The normalized spacial score (nSPS) is 16.1. The molecule has 3 nitrogen and oxygen atoms in total. The van der Waals surface area contributed by atoms with Crippen molar-refractivity contribution in [2.75, 3.05) is 14.2 Å². The minimum atomic E-state index is -0.145. The summed E-state index contributed by atoms with van der Waals surface area (Å²) in [7, 11) is 3.32. The van der Waals surface area contributed by atoms with Crippen molar-refractivity contribution in [3.05, 3.63) is 23.3 Å². The van der Waals surface area contributed by atoms with E-state index in [-0.39, 0.29) is 5.41 Å². The molecule has 0 N–H and O–H groups in total. The van der Waals surface area contributed by atoms with Crippen molar-refractivity contribution in [1.29, 1.82) is 5.26 Å². The molecule has 1 saturated carbocycles. The zero-order valence-corrected chi connectivity index (χ0v) is 10.5. The lowest BCUT2D eigenvalue weighted by atomic mass is 9.95. The maximum Gasteiger partial charge on any atom is 0.128 e. The van der Waals surface area contributed by atoms with Crippen molar-refractivity contribution in [3.63, 3.8) is 0 Å². The van der Waals surface area contributed by atoms with Crippen molar-refractivity contribution in [3.8, 4) is 17.6 Å². The first kappa shape index (κ1) is 11.8. The smallest absolute Gasteiger partial charge is 0.128 e. The molecule has 0 spiro atoms. The van der Waals surface area contributed by atoms with Gasteiger partial charge in [-0.05, 0) is 37.8 Å². The summed E-state index contributed by atoms with van der Waals surface area (Å²) in [6.45, 7) is 1.98. The summed E-state index contributed by atoms with van der Waals surface area (Å²) in [5, 5.41) is 9.14. The summed E-state index contributed by atoms with van der Waals surface area (Å²) in [6.07, 6.45) is 2.77. The molecular weight excluding hydrogens is 214 g/mol. The zero-order valence-electron chi connectivity index (χ0n) is 10.5. The van der Waals surface area contributed by atoms with E-state index in [1.807, 2.05) is 19.1 Å². The number of nitrogens with zero attached hydrogens (tertiary/aromatic N) is 1. The predicted octanol–water partition coefficient (Wildman–Crippen LogP) is 2.86. The second kappa shape index (κ2) is 4.29. The van der Waals surface area contributed by atoms with Gasteiger partial charge in [-0.2, -0.15) is 5.26 Å². The quantitative estimate of drug-likeness (QED) is 0.800. The van der Waals surface area contributed by atoms with Crippen LogP contribution in [0.15, 0.2) is 12.1 Å². The highest BCUT2D eigenvalue weighted by Crippen LogP contribution is 2.49. The van der Waals surface area contributed by atoms with Crippen LogP contribution in [0.1, 0.15) is 24.0 Å². The Balaban J connectivity index is 2.35. The fraction of sp³-hybridized carbons (Fsp3) is 0.500. The molecule has 1 aliphatic rings. The van der Waals surface area contributed by atoms with Gasteiger partial charge in [-0.1, -0.05) is 6.07 Å². The highest BCUT2D eigenvalue weighted by molar-refractivity contribution is 5.50. The van der Waals surface area contributed by atoms with Crippen molar-refractivity contribution in [2.45, 2.75) is 26.2 Å². The molecule has 0 radical (unpaired) electrons. The van der Waals surface area contributed by atoms with Crippen LogP contribution < -0.4 is 9.47 Å². The first-order valence-electron chi connectivity index (χ1n) is 5.77. The van der Waals surface area contributed by atoms with E-state index in [4.69, 9.17) is 14.7 Å². The van der Waals surface area contributed by atoms with Gasteiger partial charge < -0.3 is 9.47 Å². The lowest BCUT2D eigenvalue weighted by Crippen LogP contribution is -2.05. The molecule has 1 aromatic carbocycles.